The number of nitrogens with zero attached hydrogens (tertiary/aromatic N) is 2. The summed E-state index contributed by atoms with van der Waals surface area (Å²) in [7, 11) is 0. The Bertz CT molecular complexity index is 276. The van der Waals surface area contributed by atoms with Crippen molar-refractivity contribution in [1.82, 2.24) is 9.80 Å². The summed E-state index contributed by atoms with van der Waals surface area (Å²) >= 11 is 0. The Morgan fingerprint density at radius 3 is 2.50 bits per heavy atom. The Morgan fingerprint density at radius 1 is 1.17 bits per heavy atom. The van der Waals surface area contributed by atoms with Crippen molar-refractivity contribution >= 4 is 5.91 Å². The predicted octanol–water partition coefficient (Wildman–Crippen LogP) is 1.20. The highest BCUT2D eigenvalue weighted by molar-refractivity contribution is 5.81. The lowest BCUT2D eigenvalue weighted by molar-refractivity contribution is -0.136. The summed E-state index contributed by atoms with van der Waals surface area (Å²) in [4.78, 5) is 16.8. The van der Waals surface area contributed by atoms with Crippen molar-refractivity contribution in [3.63, 3.8) is 0 Å². The van der Waals surface area contributed by atoms with Crippen LogP contribution in [0.2, 0.25) is 0 Å². The summed E-state index contributed by atoms with van der Waals surface area (Å²) in [5.41, 5.74) is 5.89. The molecule has 0 aromatic carbocycles. The maximum atomic E-state index is 12.5. The molecule has 1 amide bonds. The van der Waals surface area contributed by atoms with Crippen LogP contribution in [0, 0.1) is 0 Å². The normalized spacial score (nSPS) is 28.1. The molecule has 4 nitrogen and oxygen atoms in total. The van der Waals surface area contributed by atoms with E-state index in [0.717, 1.165) is 26.1 Å². The van der Waals surface area contributed by atoms with E-state index >= 15 is 0 Å². The van der Waals surface area contributed by atoms with E-state index in [4.69, 9.17) is 5.73 Å². The zero-order valence-corrected chi connectivity index (χ0v) is 11.6. The van der Waals surface area contributed by atoms with Crippen molar-refractivity contribution < 1.29 is 4.79 Å². The second-order valence-electron chi connectivity index (χ2n) is 5.69. The van der Waals surface area contributed by atoms with Gasteiger partial charge in [0.05, 0.1) is 6.04 Å². The Labute approximate surface area is 110 Å². The molecular weight excluding hydrogens is 226 g/mol. The van der Waals surface area contributed by atoms with Gasteiger partial charge in [-0.05, 0) is 39.2 Å². The van der Waals surface area contributed by atoms with Crippen LogP contribution in [0.3, 0.4) is 0 Å². The summed E-state index contributed by atoms with van der Waals surface area (Å²) in [6, 6.07) is 0.406. The van der Waals surface area contributed by atoms with Crippen molar-refractivity contribution in [3.05, 3.63) is 0 Å². The lowest BCUT2D eigenvalue weighted by atomic mass is 10.1. The monoisotopic (exact) mass is 253 g/mol. The lowest BCUT2D eigenvalue weighted by Crippen LogP contribution is -2.52. The van der Waals surface area contributed by atoms with Gasteiger partial charge in [-0.1, -0.05) is 12.8 Å². The van der Waals surface area contributed by atoms with E-state index in [1.165, 1.54) is 32.1 Å². The van der Waals surface area contributed by atoms with Gasteiger partial charge in [0.15, 0.2) is 0 Å². The van der Waals surface area contributed by atoms with Gasteiger partial charge in [-0.3, -0.25) is 9.69 Å². The quantitative estimate of drug-likeness (QED) is 0.822. The third-order valence-electron chi connectivity index (χ3n) is 4.47. The molecule has 0 aliphatic carbocycles. The number of rotatable bonds is 3. The Balaban J connectivity index is 1.99. The molecule has 2 N–H and O–H groups in total. The molecule has 2 fully saturated rings. The fourth-order valence-electron chi connectivity index (χ4n) is 3.31. The third kappa shape index (κ3) is 3.04. The highest BCUT2D eigenvalue weighted by atomic mass is 16.2. The number of hydrogen-bond acceptors (Lipinski definition) is 3. The molecule has 0 saturated carbocycles. The van der Waals surface area contributed by atoms with E-state index in [1.807, 2.05) is 4.90 Å². The van der Waals surface area contributed by atoms with Crippen LogP contribution < -0.4 is 5.73 Å². The van der Waals surface area contributed by atoms with Crippen LogP contribution in [0.15, 0.2) is 0 Å². The SMILES string of the molecule is CC(C(=O)N1CCCC1)N1CCCCCC1CN. The van der Waals surface area contributed by atoms with Gasteiger partial charge in [-0.25, -0.2) is 0 Å². The van der Waals surface area contributed by atoms with Crippen molar-refractivity contribution in [2.24, 2.45) is 5.73 Å². The van der Waals surface area contributed by atoms with Gasteiger partial charge in [-0.2, -0.15) is 0 Å². The highest BCUT2D eigenvalue weighted by Gasteiger charge is 2.31. The average Bonchev–Trinajstić information content (AvgIpc) is 2.82. The number of likely N-dealkylation sites (tertiary alicyclic amines) is 2. The van der Waals surface area contributed by atoms with Crippen LogP contribution in [0.25, 0.3) is 0 Å². The van der Waals surface area contributed by atoms with Crippen LogP contribution >= 0.6 is 0 Å². The summed E-state index contributed by atoms with van der Waals surface area (Å²) in [6.45, 7) is 5.67. The van der Waals surface area contributed by atoms with Gasteiger partial charge < -0.3 is 10.6 Å². The van der Waals surface area contributed by atoms with E-state index in [0.29, 0.717) is 18.5 Å². The summed E-state index contributed by atoms with van der Waals surface area (Å²) in [5.74, 6) is 0.313. The van der Waals surface area contributed by atoms with Crippen molar-refractivity contribution in [3.8, 4) is 0 Å². The second kappa shape index (κ2) is 6.53. The Kier molecular flexibility index (Phi) is 5.01. The van der Waals surface area contributed by atoms with E-state index in [2.05, 4.69) is 11.8 Å². The molecular formula is C14H27N3O. The van der Waals surface area contributed by atoms with E-state index in [-0.39, 0.29) is 6.04 Å². The summed E-state index contributed by atoms with van der Waals surface area (Å²) in [5, 5.41) is 0. The number of hydrogen-bond donors (Lipinski definition) is 1. The molecule has 0 spiro atoms. The molecule has 0 bridgehead atoms. The fraction of sp³-hybridized carbons (Fsp3) is 0.929. The molecule has 4 heteroatoms. The maximum absolute atomic E-state index is 12.5. The smallest absolute Gasteiger partial charge is 0.239 e. The minimum atomic E-state index is 0.00903. The van der Waals surface area contributed by atoms with E-state index < -0.39 is 0 Å². The van der Waals surface area contributed by atoms with Crippen LogP contribution in [-0.4, -0.2) is 54.0 Å². The largest absolute Gasteiger partial charge is 0.341 e. The molecule has 2 unspecified atom stereocenters. The first-order valence-electron chi connectivity index (χ1n) is 7.48. The van der Waals surface area contributed by atoms with Gasteiger partial charge >= 0.3 is 0 Å². The van der Waals surface area contributed by atoms with Crippen molar-refractivity contribution in [2.75, 3.05) is 26.2 Å². The van der Waals surface area contributed by atoms with E-state index in [1.54, 1.807) is 0 Å². The average molecular weight is 253 g/mol. The van der Waals surface area contributed by atoms with Crippen molar-refractivity contribution in [1.29, 1.82) is 0 Å². The minimum absolute atomic E-state index is 0.00903. The van der Waals surface area contributed by atoms with Crippen molar-refractivity contribution in [2.45, 2.75) is 57.5 Å². The van der Waals surface area contributed by atoms with Gasteiger partial charge in [0.25, 0.3) is 0 Å². The lowest BCUT2D eigenvalue weighted by Gasteiger charge is -2.35. The first kappa shape index (κ1) is 13.8. The maximum Gasteiger partial charge on any atom is 0.239 e. The highest BCUT2D eigenvalue weighted by Crippen LogP contribution is 2.20. The van der Waals surface area contributed by atoms with Gasteiger partial charge in [0.1, 0.15) is 0 Å². The topological polar surface area (TPSA) is 49.6 Å². The molecule has 0 aromatic heterocycles. The number of carbonyl (C=O) groups excluding carboxylic acids is 1. The molecule has 104 valence electrons. The van der Waals surface area contributed by atoms with Crippen LogP contribution in [-0.2, 0) is 4.79 Å². The Hall–Kier alpha value is -0.610. The second-order valence-corrected chi connectivity index (χ2v) is 5.69. The Morgan fingerprint density at radius 2 is 1.83 bits per heavy atom. The molecule has 2 heterocycles. The molecule has 0 aromatic rings. The van der Waals surface area contributed by atoms with Gasteiger partial charge in [0.2, 0.25) is 5.91 Å². The van der Waals surface area contributed by atoms with Gasteiger partial charge in [0, 0.05) is 25.7 Å². The minimum Gasteiger partial charge on any atom is -0.341 e. The number of amides is 1. The number of carbonyl (C=O) groups is 1. The first-order chi connectivity index (χ1) is 8.74. The van der Waals surface area contributed by atoms with Crippen LogP contribution in [0.5, 0.6) is 0 Å². The van der Waals surface area contributed by atoms with E-state index in [9.17, 15) is 4.79 Å². The zero-order chi connectivity index (χ0) is 13.0. The summed E-state index contributed by atoms with van der Waals surface area (Å²) in [6.07, 6.45) is 7.21. The van der Waals surface area contributed by atoms with Crippen LogP contribution in [0.1, 0.15) is 45.4 Å². The molecule has 2 rings (SSSR count). The van der Waals surface area contributed by atoms with Gasteiger partial charge in [-0.15, -0.1) is 0 Å². The molecule has 0 radical (unpaired) electrons. The first-order valence-corrected chi connectivity index (χ1v) is 7.48. The van der Waals surface area contributed by atoms with Crippen LogP contribution in [0.4, 0.5) is 0 Å². The predicted molar refractivity (Wildman–Crippen MR) is 73.3 cm³/mol. The zero-order valence-electron chi connectivity index (χ0n) is 11.6. The fourth-order valence-corrected chi connectivity index (χ4v) is 3.31. The molecule has 18 heavy (non-hydrogen) atoms. The number of nitrogens with two attached hydrogens (primary N) is 1. The third-order valence-corrected chi connectivity index (χ3v) is 4.47. The summed E-state index contributed by atoms with van der Waals surface area (Å²) < 4.78 is 0. The standard InChI is InChI=1S/C14H27N3O/c1-12(14(18)16-8-5-6-9-16)17-10-4-2-3-7-13(17)11-15/h12-13H,2-11,15H2,1H3. The molecule has 2 aliphatic heterocycles. The molecule has 2 saturated heterocycles. The molecule has 2 atom stereocenters. The molecule has 2 aliphatic rings.